The van der Waals surface area contributed by atoms with E-state index in [1.54, 1.807) is 18.2 Å². The lowest BCUT2D eigenvalue weighted by molar-refractivity contribution is 0.0891. The Morgan fingerprint density at radius 1 is 1.29 bits per heavy atom. The number of carbonyl (C=O) groups is 1. The van der Waals surface area contributed by atoms with Gasteiger partial charge in [-0.05, 0) is 50.8 Å². The first kappa shape index (κ1) is 18.7. The van der Waals surface area contributed by atoms with E-state index in [-0.39, 0.29) is 18.5 Å². The van der Waals surface area contributed by atoms with E-state index in [4.69, 9.17) is 9.47 Å². The Morgan fingerprint density at radius 3 is 2.62 bits per heavy atom. The fraction of sp³-hybridized carbons (Fsp3) is 0.611. The molecule has 0 aliphatic heterocycles. The Kier molecular flexibility index (Phi) is 7.02. The van der Waals surface area contributed by atoms with Gasteiger partial charge in [0.1, 0.15) is 12.7 Å². The third-order valence-electron chi connectivity index (χ3n) is 4.34. The molecule has 1 saturated carbocycles. The molecule has 1 aliphatic rings. The zero-order valence-corrected chi connectivity index (χ0v) is 14.3. The number of carbonyl (C=O) groups excluding carboxylic acids is 1. The number of ether oxygens (including phenoxy) is 2. The first-order valence-electron chi connectivity index (χ1n) is 8.41. The number of ketones is 1. The van der Waals surface area contributed by atoms with Crippen LogP contribution in [0, 0.1) is 0 Å². The molecule has 0 saturated heterocycles. The second kappa shape index (κ2) is 9.01. The molecule has 0 radical (unpaired) electrons. The van der Waals surface area contributed by atoms with Crippen LogP contribution >= 0.6 is 0 Å². The summed E-state index contributed by atoms with van der Waals surface area (Å²) in [7, 11) is 1.52. The molecule has 1 aromatic carbocycles. The monoisotopic (exact) mass is 337 g/mol. The second-order valence-electron chi connectivity index (χ2n) is 6.30. The topological polar surface area (TPSA) is 88.0 Å². The summed E-state index contributed by atoms with van der Waals surface area (Å²) >= 11 is 0. The van der Waals surface area contributed by atoms with E-state index in [1.807, 2.05) is 0 Å². The van der Waals surface area contributed by atoms with E-state index < -0.39 is 6.10 Å². The van der Waals surface area contributed by atoms with Crippen molar-refractivity contribution in [2.75, 3.05) is 20.3 Å². The standard InChI is InChI=1S/C18H27NO5/c1-12(20)13-3-8-17(18(9-13)23-2)24-11-16(22)10-19-14-4-6-15(21)7-5-14/h3,8-9,14-16,19,21-22H,4-7,10-11H2,1-2H3/t14?,15?,16-/m1/s1. The van der Waals surface area contributed by atoms with Crippen LogP contribution in [-0.4, -0.2) is 54.5 Å². The number of rotatable bonds is 8. The molecule has 0 bridgehead atoms. The normalized spacial score (nSPS) is 22.0. The molecule has 1 aliphatic carbocycles. The fourth-order valence-corrected chi connectivity index (χ4v) is 2.83. The second-order valence-corrected chi connectivity index (χ2v) is 6.30. The maximum absolute atomic E-state index is 11.4. The summed E-state index contributed by atoms with van der Waals surface area (Å²) in [4.78, 5) is 11.4. The number of aliphatic hydroxyl groups excluding tert-OH is 2. The molecule has 2 rings (SSSR count). The van der Waals surface area contributed by atoms with Crippen molar-refractivity contribution in [1.29, 1.82) is 0 Å². The molecule has 0 amide bonds. The summed E-state index contributed by atoms with van der Waals surface area (Å²) in [6, 6.07) is 5.33. The van der Waals surface area contributed by atoms with Gasteiger partial charge in [-0.25, -0.2) is 0 Å². The van der Waals surface area contributed by atoms with Crippen molar-refractivity contribution in [3.05, 3.63) is 23.8 Å². The van der Waals surface area contributed by atoms with Gasteiger partial charge in [-0.2, -0.15) is 0 Å². The van der Waals surface area contributed by atoms with Crippen molar-refractivity contribution in [1.82, 2.24) is 5.32 Å². The van der Waals surface area contributed by atoms with Gasteiger partial charge in [0.05, 0.1) is 13.2 Å². The molecule has 0 heterocycles. The van der Waals surface area contributed by atoms with Crippen molar-refractivity contribution in [3.63, 3.8) is 0 Å². The van der Waals surface area contributed by atoms with E-state index >= 15 is 0 Å². The van der Waals surface area contributed by atoms with Crippen molar-refractivity contribution in [3.8, 4) is 11.5 Å². The highest BCUT2D eigenvalue weighted by atomic mass is 16.5. The van der Waals surface area contributed by atoms with Crippen molar-refractivity contribution in [2.45, 2.75) is 50.9 Å². The van der Waals surface area contributed by atoms with Crippen LogP contribution in [0.2, 0.25) is 0 Å². The molecule has 6 heteroatoms. The Balaban J connectivity index is 1.78. The summed E-state index contributed by atoms with van der Waals surface area (Å²) in [6.45, 7) is 2.07. The molecule has 3 N–H and O–H groups in total. The smallest absolute Gasteiger partial charge is 0.161 e. The van der Waals surface area contributed by atoms with E-state index in [2.05, 4.69) is 5.32 Å². The summed E-state index contributed by atoms with van der Waals surface area (Å²) < 4.78 is 10.9. The maximum atomic E-state index is 11.4. The predicted molar refractivity (Wildman–Crippen MR) is 90.8 cm³/mol. The van der Waals surface area contributed by atoms with Gasteiger partial charge < -0.3 is 25.0 Å². The minimum Gasteiger partial charge on any atom is -0.493 e. The summed E-state index contributed by atoms with van der Waals surface area (Å²) in [5.41, 5.74) is 0.556. The largest absolute Gasteiger partial charge is 0.493 e. The number of methoxy groups -OCH3 is 1. The lowest BCUT2D eigenvalue weighted by Gasteiger charge is -2.27. The number of Topliss-reactive ketones (excluding diaryl/α,β-unsaturated/α-hetero) is 1. The predicted octanol–water partition coefficient (Wildman–Crippen LogP) is 1.53. The van der Waals surface area contributed by atoms with Crippen molar-refractivity contribution >= 4 is 5.78 Å². The number of hydrogen-bond acceptors (Lipinski definition) is 6. The molecule has 0 spiro atoms. The SMILES string of the molecule is COc1cc(C(C)=O)ccc1OC[C@H](O)CNC1CCC(O)CC1. The van der Waals surface area contributed by atoms with Crippen molar-refractivity contribution < 1.29 is 24.5 Å². The number of benzene rings is 1. The first-order chi connectivity index (χ1) is 11.5. The van der Waals surface area contributed by atoms with Crippen LogP contribution in [0.25, 0.3) is 0 Å². The zero-order chi connectivity index (χ0) is 17.5. The van der Waals surface area contributed by atoms with E-state index in [1.165, 1.54) is 14.0 Å². The van der Waals surface area contributed by atoms with Crippen LogP contribution in [0.1, 0.15) is 43.0 Å². The summed E-state index contributed by atoms with van der Waals surface area (Å²) in [5.74, 6) is 0.938. The number of hydrogen-bond donors (Lipinski definition) is 3. The van der Waals surface area contributed by atoms with Crippen LogP contribution in [-0.2, 0) is 0 Å². The van der Waals surface area contributed by atoms with Gasteiger partial charge in [-0.1, -0.05) is 0 Å². The summed E-state index contributed by atoms with van der Waals surface area (Å²) in [5, 5.41) is 22.9. The molecule has 6 nitrogen and oxygen atoms in total. The first-order valence-corrected chi connectivity index (χ1v) is 8.41. The highest BCUT2D eigenvalue weighted by molar-refractivity contribution is 5.94. The molecular weight excluding hydrogens is 310 g/mol. The molecular formula is C18H27NO5. The van der Waals surface area contributed by atoms with Crippen LogP contribution in [0.5, 0.6) is 11.5 Å². The Hall–Kier alpha value is -1.63. The maximum Gasteiger partial charge on any atom is 0.161 e. The quantitative estimate of drug-likeness (QED) is 0.624. The third-order valence-corrected chi connectivity index (χ3v) is 4.34. The average molecular weight is 337 g/mol. The number of aliphatic hydroxyl groups is 2. The minimum absolute atomic E-state index is 0.0401. The van der Waals surface area contributed by atoms with Gasteiger partial charge in [-0.15, -0.1) is 0 Å². The van der Waals surface area contributed by atoms with Crippen LogP contribution in [0.3, 0.4) is 0 Å². The van der Waals surface area contributed by atoms with Gasteiger partial charge in [0.25, 0.3) is 0 Å². The van der Waals surface area contributed by atoms with Gasteiger partial charge in [0.2, 0.25) is 0 Å². The lowest BCUT2D eigenvalue weighted by atomic mass is 9.93. The van der Waals surface area contributed by atoms with E-state index in [9.17, 15) is 15.0 Å². The summed E-state index contributed by atoms with van der Waals surface area (Å²) in [6.07, 6.45) is 2.65. The lowest BCUT2D eigenvalue weighted by Crippen LogP contribution is -2.40. The van der Waals surface area contributed by atoms with Crippen LogP contribution < -0.4 is 14.8 Å². The average Bonchev–Trinajstić information content (AvgIpc) is 2.59. The third kappa shape index (κ3) is 5.47. The fourth-order valence-electron chi connectivity index (χ4n) is 2.83. The molecule has 0 aromatic heterocycles. The zero-order valence-electron chi connectivity index (χ0n) is 14.3. The van der Waals surface area contributed by atoms with Gasteiger partial charge >= 0.3 is 0 Å². The van der Waals surface area contributed by atoms with Crippen LogP contribution in [0.4, 0.5) is 0 Å². The number of nitrogens with one attached hydrogen (secondary N) is 1. The molecule has 134 valence electrons. The highest BCUT2D eigenvalue weighted by Crippen LogP contribution is 2.28. The van der Waals surface area contributed by atoms with Crippen LogP contribution in [0.15, 0.2) is 18.2 Å². The van der Waals surface area contributed by atoms with E-state index in [0.29, 0.717) is 29.6 Å². The van der Waals surface area contributed by atoms with Gasteiger partial charge in [0, 0.05) is 18.2 Å². The van der Waals surface area contributed by atoms with E-state index in [0.717, 1.165) is 25.7 Å². The van der Waals surface area contributed by atoms with Crippen molar-refractivity contribution in [2.24, 2.45) is 0 Å². The Morgan fingerprint density at radius 2 is 2.00 bits per heavy atom. The highest BCUT2D eigenvalue weighted by Gasteiger charge is 2.20. The molecule has 0 unspecified atom stereocenters. The molecule has 1 aromatic rings. The molecule has 1 atom stereocenters. The minimum atomic E-state index is -0.644. The molecule has 1 fully saturated rings. The Labute approximate surface area is 142 Å². The van der Waals surface area contributed by atoms with Gasteiger partial charge in [-0.3, -0.25) is 4.79 Å². The molecule has 24 heavy (non-hydrogen) atoms. The van der Waals surface area contributed by atoms with Gasteiger partial charge in [0.15, 0.2) is 17.3 Å². The Bertz CT molecular complexity index is 540.